The van der Waals surface area contributed by atoms with Crippen LogP contribution in [-0.2, 0) is 19.1 Å². The smallest absolute Gasteiger partial charge is 0.329 e. The SMILES string of the molecule is COC(=O)[C@@]1(c2ccccc2)SCC(=O)N(c2ccccc2)[C@H]1c1ccccc1. The number of ether oxygens (including phenoxy) is 1. The molecule has 1 aliphatic rings. The molecule has 1 amide bonds. The number of hydrogen-bond donors (Lipinski definition) is 0. The minimum absolute atomic E-state index is 0.0366. The molecule has 1 aliphatic heterocycles. The van der Waals surface area contributed by atoms with E-state index in [2.05, 4.69) is 0 Å². The van der Waals surface area contributed by atoms with E-state index in [0.717, 1.165) is 16.8 Å². The van der Waals surface area contributed by atoms with Crippen molar-refractivity contribution in [2.75, 3.05) is 17.8 Å². The molecule has 0 spiro atoms. The van der Waals surface area contributed by atoms with Crippen LogP contribution in [-0.4, -0.2) is 24.7 Å². The molecule has 0 N–H and O–H groups in total. The zero-order valence-electron chi connectivity index (χ0n) is 16.0. The Labute approximate surface area is 174 Å². The average molecular weight is 404 g/mol. The molecule has 29 heavy (non-hydrogen) atoms. The van der Waals surface area contributed by atoms with Crippen LogP contribution in [0.25, 0.3) is 0 Å². The molecule has 146 valence electrons. The first kappa shape index (κ1) is 19.3. The standard InChI is InChI=1S/C24H21NO3S/c1-28-23(27)24(19-13-7-3-8-14-19)22(18-11-5-2-6-12-18)25(21(26)17-29-24)20-15-9-4-10-16-20/h2-16,22H,17H2,1H3/t22-,24-/m0/s1. The minimum atomic E-state index is -1.08. The third-order valence-corrected chi connectivity index (χ3v) is 6.65. The van der Waals surface area contributed by atoms with Crippen LogP contribution in [0, 0.1) is 0 Å². The zero-order chi connectivity index (χ0) is 20.3. The Morgan fingerprint density at radius 3 is 2.07 bits per heavy atom. The quantitative estimate of drug-likeness (QED) is 0.599. The number of thioether (sulfide) groups is 1. The van der Waals surface area contributed by atoms with E-state index in [4.69, 9.17) is 4.74 Å². The number of rotatable bonds is 4. The predicted molar refractivity (Wildman–Crippen MR) is 116 cm³/mol. The maximum atomic E-state index is 13.4. The molecule has 0 unspecified atom stereocenters. The summed E-state index contributed by atoms with van der Waals surface area (Å²) in [5.41, 5.74) is 2.46. The molecule has 1 saturated heterocycles. The van der Waals surface area contributed by atoms with Crippen LogP contribution in [0.15, 0.2) is 91.0 Å². The fourth-order valence-corrected chi connectivity index (χ4v) is 5.31. The van der Waals surface area contributed by atoms with Crippen LogP contribution in [0.1, 0.15) is 17.2 Å². The first-order chi connectivity index (χ1) is 14.2. The predicted octanol–water partition coefficient (Wildman–Crippen LogP) is 4.58. The summed E-state index contributed by atoms with van der Waals surface area (Å²) >= 11 is 1.34. The van der Waals surface area contributed by atoms with Gasteiger partial charge in [0.1, 0.15) is 0 Å². The molecular weight excluding hydrogens is 382 g/mol. The maximum Gasteiger partial charge on any atom is 0.329 e. The normalized spacial score (nSPS) is 21.6. The number of esters is 1. The maximum absolute atomic E-state index is 13.4. The second-order valence-corrected chi connectivity index (χ2v) is 8.02. The number of para-hydroxylation sites is 1. The summed E-state index contributed by atoms with van der Waals surface area (Å²) in [6.45, 7) is 0. The third kappa shape index (κ3) is 3.32. The monoisotopic (exact) mass is 403 g/mol. The highest BCUT2D eigenvalue weighted by atomic mass is 32.2. The molecule has 1 heterocycles. The summed E-state index contributed by atoms with van der Waals surface area (Å²) in [6.07, 6.45) is 0. The van der Waals surface area contributed by atoms with Crippen molar-refractivity contribution in [1.29, 1.82) is 0 Å². The molecule has 2 atom stereocenters. The highest BCUT2D eigenvalue weighted by molar-refractivity contribution is 8.01. The molecule has 0 aliphatic carbocycles. The fourth-order valence-electron chi connectivity index (χ4n) is 3.92. The highest BCUT2D eigenvalue weighted by Crippen LogP contribution is 2.54. The van der Waals surface area contributed by atoms with Gasteiger partial charge >= 0.3 is 5.97 Å². The molecule has 5 heteroatoms. The number of carbonyl (C=O) groups is 2. The van der Waals surface area contributed by atoms with Crippen molar-refractivity contribution in [3.05, 3.63) is 102 Å². The van der Waals surface area contributed by atoms with Crippen molar-refractivity contribution in [2.24, 2.45) is 0 Å². The van der Waals surface area contributed by atoms with Crippen LogP contribution < -0.4 is 4.90 Å². The van der Waals surface area contributed by atoms with Crippen molar-refractivity contribution in [2.45, 2.75) is 10.8 Å². The molecule has 0 saturated carbocycles. The summed E-state index contributed by atoms with van der Waals surface area (Å²) in [4.78, 5) is 28.3. The van der Waals surface area contributed by atoms with Crippen molar-refractivity contribution >= 4 is 29.3 Å². The fraction of sp³-hybridized carbons (Fsp3) is 0.167. The van der Waals surface area contributed by atoms with E-state index in [-0.39, 0.29) is 17.6 Å². The van der Waals surface area contributed by atoms with E-state index in [1.807, 2.05) is 91.0 Å². The Morgan fingerprint density at radius 1 is 0.931 bits per heavy atom. The molecule has 3 aromatic carbocycles. The van der Waals surface area contributed by atoms with E-state index in [1.165, 1.54) is 18.9 Å². The van der Waals surface area contributed by atoms with Gasteiger partial charge in [-0.3, -0.25) is 9.59 Å². The first-order valence-corrected chi connectivity index (χ1v) is 10.4. The van der Waals surface area contributed by atoms with E-state index in [1.54, 1.807) is 4.90 Å². The summed E-state index contributed by atoms with van der Waals surface area (Å²) in [5, 5.41) is 0. The number of anilines is 1. The first-order valence-electron chi connectivity index (χ1n) is 9.38. The van der Waals surface area contributed by atoms with E-state index in [9.17, 15) is 9.59 Å². The van der Waals surface area contributed by atoms with Gasteiger partial charge in [0.25, 0.3) is 0 Å². The Hall–Kier alpha value is -3.05. The Morgan fingerprint density at radius 2 is 1.48 bits per heavy atom. The van der Waals surface area contributed by atoms with Gasteiger partial charge in [-0.05, 0) is 23.3 Å². The number of benzene rings is 3. The highest BCUT2D eigenvalue weighted by Gasteiger charge is 2.56. The van der Waals surface area contributed by atoms with Crippen molar-refractivity contribution in [3.63, 3.8) is 0 Å². The topological polar surface area (TPSA) is 46.6 Å². The second-order valence-electron chi connectivity index (χ2n) is 6.79. The average Bonchev–Trinajstić information content (AvgIpc) is 2.80. The number of carbonyl (C=O) groups excluding carboxylic acids is 2. The van der Waals surface area contributed by atoms with Gasteiger partial charge in [0, 0.05) is 5.69 Å². The molecule has 0 bridgehead atoms. The molecule has 4 rings (SSSR count). The number of methoxy groups -OCH3 is 1. The lowest BCUT2D eigenvalue weighted by molar-refractivity contribution is -0.144. The minimum Gasteiger partial charge on any atom is -0.468 e. The van der Waals surface area contributed by atoms with Crippen LogP contribution in [0.5, 0.6) is 0 Å². The Balaban J connectivity index is 2.00. The van der Waals surface area contributed by atoms with Crippen LogP contribution >= 0.6 is 11.8 Å². The van der Waals surface area contributed by atoms with Gasteiger partial charge in [-0.2, -0.15) is 0 Å². The van der Waals surface area contributed by atoms with Crippen LogP contribution in [0.4, 0.5) is 5.69 Å². The van der Waals surface area contributed by atoms with Crippen molar-refractivity contribution < 1.29 is 14.3 Å². The molecule has 1 fully saturated rings. The summed E-state index contributed by atoms with van der Waals surface area (Å²) in [7, 11) is 1.40. The zero-order valence-corrected chi connectivity index (χ0v) is 16.8. The molecule has 4 nitrogen and oxygen atoms in total. The second kappa shape index (κ2) is 8.13. The lowest BCUT2D eigenvalue weighted by atomic mass is 9.84. The lowest BCUT2D eigenvalue weighted by Crippen LogP contribution is -2.54. The molecule has 3 aromatic rings. The number of amides is 1. The van der Waals surface area contributed by atoms with E-state index >= 15 is 0 Å². The van der Waals surface area contributed by atoms with Gasteiger partial charge in [0.2, 0.25) is 5.91 Å². The summed E-state index contributed by atoms with van der Waals surface area (Å²) in [5.74, 6) is -0.219. The number of hydrogen-bond acceptors (Lipinski definition) is 4. The van der Waals surface area contributed by atoms with Gasteiger partial charge in [0.15, 0.2) is 4.75 Å². The van der Waals surface area contributed by atoms with Gasteiger partial charge < -0.3 is 9.64 Å². The van der Waals surface area contributed by atoms with Crippen LogP contribution in [0.2, 0.25) is 0 Å². The summed E-state index contributed by atoms with van der Waals surface area (Å²) in [6, 6.07) is 28.2. The lowest BCUT2D eigenvalue weighted by Gasteiger charge is -2.47. The number of nitrogens with zero attached hydrogens (tertiary/aromatic N) is 1. The third-order valence-electron chi connectivity index (χ3n) is 5.18. The van der Waals surface area contributed by atoms with E-state index in [0.29, 0.717) is 0 Å². The molecular formula is C24H21NO3S. The van der Waals surface area contributed by atoms with Gasteiger partial charge in [-0.1, -0.05) is 78.9 Å². The van der Waals surface area contributed by atoms with E-state index < -0.39 is 10.8 Å². The van der Waals surface area contributed by atoms with Gasteiger partial charge in [0.05, 0.1) is 18.9 Å². The van der Waals surface area contributed by atoms with Gasteiger partial charge in [-0.25, -0.2) is 0 Å². The van der Waals surface area contributed by atoms with Crippen molar-refractivity contribution in [1.82, 2.24) is 0 Å². The van der Waals surface area contributed by atoms with Gasteiger partial charge in [-0.15, -0.1) is 11.8 Å². The molecule has 0 radical (unpaired) electrons. The molecule has 0 aromatic heterocycles. The summed E-state index contributed by atoms with van der Waals surface area (Å²) < 4.78 is 4.24. The Bertz CT molecular complexity index is 994. The van der Waals surface area contributed by atoms with Crippen LogP contribution in [0.3, 0.4) is 0 Å². The largest absolute Gasteiger partial charge is 0.468 e. The van der Waals surface area contributed by atoms with Crippen molar-refractivity contribution in [3.8, 4) is 0 Å². The Kier molecular flexibility index (Phi) is 5.41.